The molecule has 6 heteroatoms. The van der Waals surface area contributed by atoms with Gasteiger partial charge in [0.2, 0.25) is 0 Å². The van der Waals surface area contributed by atoms with Gasteiger partial charge in [-0.05, 0) is 29.6 Å². The van der Waals surface area contributed by atoms with Crippen molar-refractivity contribution in [1.29, 1.82) is 0 Å². The van der Waals surface area contributed by atoms with Gasteiger partial charge in [-0.2, -0.15) is 0 Å². The fourth-order valence-corrected chi connectivity index (χ4v) is 4.07. The minimum Gasteiger partial charge on any atom is -0.496 e. The van der Waals surface area contributed by atoms with Gasteiger partial charge in [-0.3, -0.25) is 0 Å². The minimum absolute atomic E-state index is 0.109. The van der Waals surface area contributed by atoms with Gasteiger partial charge in [-0.25, -0.2) is 8.42 Å². The third-order valence-corrected chi connectivity index (χ3v) is 5.60. The van der Waals surface area contributed by atoms with Crippen LogP contribution in [0.15, 0.2) is 39.9 Å². The molecule has 2 aromatic rings. The molecule has 0 bridgehead atoms. The topological polar surface area (TPSA) is 69.4 Å². The van der Waals surface area contributed by atoms with Crippen LogP contribution in [0.1, 0.15) is 5.56 Å². The fraction of sp³-hybridized carbons (Fsp3) is 0.167. The lowest BCUT2D eigenvalue weighted by Crippen LogP contribution is -2.05. The van der Waals surface area contributed by atoms with E-state index in [0.717, 1.165) is 0 Å². The van der Waals surface area contributed by atoms with Gasteiger partial charge in [-0.15, -0.1) is 11.3 Å². The summed E-state index contributed by atoms with van der Waals surface area (Å²) in [5, 5.41) is 1.74. The molecule has 0 radical (unpaired) electrons. The number of nitrogens with two attached hydrogens (primary N) is 1. The Balaban J connectivity index is 2.37. The lowest BCUT2D eigenvalue weighted by atomic mass is 10.2. The number of hydrogen-bond donors (Lipinski definition) is 1. The van der Waals surface area contributed by atoms with Gasteiger partial charge in [0.1, 0.15) is 9.96 Å². The maximum absolute atomic E-state index is 12.2. The molecule has 0 atom stereocenters. The summed E-state index contributed by atoms with van der Waals surface area (Å²) in [5.74, 6) is 0.422. The van der Waals surface area contributed by atoms with E-state index in [-0.39, 0.29) is 5.75 Å². The zero-order chi connectivity index (χ0) is 13.2. The first-order valence-corrected chi connectivity index (χ1v) is 7.75. The maximum Gasteiger partial charge on any atom is 0.192 e. The van der Waals surface area contributed by atoms with Gasteiger partial charge in [0.15, 0.2) is 9.84 Å². The standard InChI is InChI=1S/C12H13NO3S2/c1-16-11-5-4-10(13)7-9(11)8-18(14,15)12-3-2-6-17-12/h2-7H,8,13H2,1H3. The Hall–Kier alpha value is -1.53. The summed E-state index contributed by atoms with van der Waals surface area (Å²) in [6.45, 7) is 0. The van der Waals surface area contributed by atoms with Gasteiger partial charge in [0.05, 0.1) is 12.9 Å². The number of hydrogen-bond acceptors (Lipinski definition) is 5. The predicted molar refractivity (Wildman–Crippen MR) is 72.6 cm³/mol. The van der Waals surface area contributed by atoms with E-state index in [9.17, 15) is 8.42 Å². The number of sulfone groups is 1. The highest BCUT2D eigenvalue weighted by atomic mass is 32.2. The first-order chi connectivity index (χ1) is 8.53. The first kappa shape index (κ1) is 12.9. The van der Waals surface area contributed by atoms with E-state index in [1.165, 1.54) is 18.4 Å². The highest BCUT2D eigenvalue weighted by molar-refractivity contribution is 7.92. The Morgan fingerprint density at radius 1 is 1.33 bits per heavy atom. The number of benzene rings is 1. The molecule has 96 valence electrons. The Morgan fingerprint density at radius 2 is 2.11 bits per heavy atom. The summed E-state index contributed by atoms with van der Waals surface area (Å²) in [6.07, 6.45) is 0. The van der Waals surface area contributed by atoms with Crippen LogP contribution in [-0.2, 0) is 15.6 Å². The van der Waals surface area contributed by atoms with E-state index >= 15 is 0 Å². The molecule has 1 heterocycles. The average molecular weight is 283 g/mol. The Bertz CT molecular complexity index is 633. The summed E-state index contributed by atoms with van der Waals surface area (Å²) in [4.78, 5) is 0. The van der Waals surface area contributed by atoms with Crippen LogP contribution in [0, 0.1) is 0 Å². The molecule has 0 saturated heterocycles. The first-order valence-electron chi connectivity index (χ1n) is 5.21. The molecule has 0 aliphatic carbocycles. The van der Waals surface area contributed by atoms with Crippen LogP contribution < -0.4 is 10.5 Å². The number of thiophene rings is 1. The number of nitrogen functional groups attached to an aromatic ring is 1. The van der Waals surface area contributed by atoms with E-state index in [4.69, 9.17) is 10.5 Å². The third kappa shape index (κ3) is 2.65. The molecule has 0 amide bonds. The predicted octanol–water partition coefficient (Wildman–Crippen LogP) is 2.31. The van der Waals surface area contributed by atoms with Crippen LogP contribution in [0.4, 0.5) is 5.69 Å². The van der Waals surface area contributed by atoms with Gasteiger partial charge in [-0.1, -0.05) is 6.07 Å². The highest BCUT2D eigenvalue weighted by Gasteiger charge is 2.18. The molecule has 1 aromatic heterocycles. The van der Waals surface area contributed by atoms with E-state index < -0.39 is 9.84 Å². The maximum atomic E-state index is 12.2. The van der Waals surface area contributed by atoms with E-state index in [2.05, 4.69) is 0 Å². The van der Waals surface area contributed by atoms with Crippen molar-refractivity contribution in [2.75, 3.05) is 12.8 Å². The zero-order valence-electron chi connectivity index (χ0n) is 9.79. The molecule has 1 aromatic carbocycles. The van der Waals surface area contributed by atoms with Crippen molar-refractivity contribution in [3.05, 3.63) is 41.3 Å². The van der Waals surface area contributed by atoms with Crippen molar-refractivity contribution in [1.82, 2.24) is 0 Å². The van der Waals surface area contributed by atoms with Gasteiger partial charge < -0.3 is 10.5 Å². The van der Waals surface area contributed by atoms with Crippen molar-refractivity contribution < 1.29 is 13.2 Å². The Labute approximate surface area is 110 Å². The van der Waals surface area contributed by atoms with E-state index in [1.807, 2.05) is 0 Å². The number of ether oxygens (including phenoxy) is 1. The van der Waals surface area contributed by atoms with Crippen LogP contribution in [0.25, 0.3) is 0 Å². The van der Waals surface area contributed by atoms with E-state index in [1.54, 1.807) is 35.7 Å². The Kier molecular flexibility index (Phi) is 3.58. The van der Waals surface area contributed by atoms with Crippen molar-refractivity contribution >= 4 is 26.9 Å². The molecule has 0 spiro atoms. The van der Waals surface area contributed by atoms with Crippen LogP contribution in [0.2, 0.25) is 0 Å². The van der Waals surface area contributed by atoms with Crippen molar-refractivity contribution in [3.8, 4) is 5.75 Å². The van der Waals surface area contributed by atoms with Crippen LogP contribution in [0.3, 0.4) is 0 Å². The Morgan fingerprint density at radius 3 is 2.72 bits per heavy atom. The molecule has 0 aliphatic rings. The molecule has 0 unspecified atom stereocenters. The van der Waals surface area contributed by atoms with Gasteiger partial charge >= 0.3 is 0 Å². The normalized spacial score (nSPS) is 11.4. The second-order valence-corrected chi connectivity index (χ2v) is 6.93. The summed E-state index contributed by atoms with van der Waals surface area (Å²) < 4.78 is 29.8. The molecule has 18 heavy (non-hydrogen) atoms. The molecule has 0 saturated carbocycles. The lowest BCUT2D eigenvalue weighted by molar-refractivity contribution is 0.411. The SMILES string of the molecule is COc1ccc(N)cc1CS(=O)(=O)c1cccs1. The quantitative estimate of drug-likeness (QED) is 0.874. The van der Waals surface area contributed by atoms with Crippen molar-refractivity contribution in [3.63, 3.8) is 0 Å². The molecule has 0 fully saturated rings. The van der Waals surface area contributed by atoms with Crippen LogP contribution in [-0.4, -0.2) is 15.5 Å². The lowest BCUT2D eigenvalue weighted by Gasteiger charge is -2.09. The molecule has 2 rings (SSSR count). The fourth-order valence-electron chi connectivity index (χ4n) is 1.63. The van der Waals surface area contributed by atoms with Crippen LogP contribution >= 0.6 is 11.3 Å². The minimum atomic E-state index is -3.34. The number of methoxy groups -OCH3 is 1. The van der Waals surface area contributed by atoms with Crippen LogP contribution in [0.5, 0.6) is 5.75 Å². The third-order valence-electron chi connectivity index (χ3n) is 2.45. The molecule has 4 nitrogen and oxygen atoms in total. The average Bonchev–Trinajstić information content (AvgIpc) is 2.83. The smallest absolute Gasteiger partial charge is 0.192 e. The largest absolute Gasteiger partial charge is 0.496 e. The van der Waals surface area contributed by atoms with Crippen molar-refractivity contribution in [2.45, 2.75) is 9.96 Å². The summed E-state index contributed by atoms with van der Waals surface area (Å²) in [5.41, 5.74) is 6.77. The second-order valence-electron chi connectivity index (χ2n) is 3.76. The second kappa shape index (κ2) is 4.99. The molecule has 0 aliphatic heterocycles. The van der Waals surface area contributed by atoms with Gasteiger partial charge in [0, 0.05) is 11.3 Å². The van der Waals surface area contributed by atoms with E-state index in [0.29, 0.717) is 21.2 Å². The summed E-state index contributed by atoms with van der Waals surface area (Å²) >= 11 is 1.21. The monoisotopic (exact) mass is 283 g/mol. The number of rotatable bonds is 4. The molecular formula is C12H13NO3S2. The van der Waals surface area contributed by atoms with Gasteiger partial charge in [0.25, 0.3) is 0 Å². The van der Waals surface area contributed by atoms with Crippen molar-refractivity contribution in [2.24, 2.45) is 0 Å². The number of anilines is 1. The highest BCUT2D eigenvalue weighted by Crippen LogP contribution is 2.27. The molecular weight excluding hydrogens is 270 g/mol. The molecule has 2 N–H and O–H groups in total. The zero-order valence-corrected chi connectivity index (χ0v) is 11.4. The summed E-state index contributed by atoms with van der Waals surface area (Å²) in [7, 11) is -1.83. The summed E-state index contributed by atoms with van der Waals surface area (Å²) in [6, 6.07) is 8.30.